The molecular weight excluding hydrogens is 184 g/mol. The Morgan fingerprint density at radius 3 is 3.00 bits per heavy atom. The Morgan fingerprint density at radius 2 is 2.29 bits per heavy atom. The summed E-state index contributed by atoms with van der Waals surface area (Å²) >= 11 is 0. The van der Waals surface area contributed by atoms with Gasteiger partial charge in [-0.3, -0.25) is 9.36 Å². The second kappa shape index (κ2) is 6.28. The van der Waals surface area contributed by atoms with Gasteiger partial charge in [-0.1, -0.05) is 0 Å². The van der Waals surface area contributed by atoms with Crippen molar-refractivity contribution in [3.63, 3.8) is 0 Å². The van der Waals surface area contributed by atoms with Gasteiger partial charge in [0.15, 0.2) is 0 Å². The molecule has 14 heavy (non-hydrogen) atoms. The highest BCUT2D eigenvalue weighted by Gasteiger charge is 1.93. The zero-order valence-corrected chi connectivity index (χ0v) is 8.18. The highest BCUT2D eigenvalue weighted by molar-refractivity contribution is 4.81. The average molecular weight is 198 g/mol. The first-order valence-electron chi connectivity index (χ1n) is 4.41. The Morgan fingerprint density at radius 1 is 1.43 bits per heavy atom. The molecule has 0 atom stereocenters. The van der Waals surface area contributed by atoms with Gasteiger partial charge in [0.05, 0.1) is 32.7 Å². The van der Waals surface area contributed by atoms with E-state index in [4.69, 9.17) is 9.47 Å². The second-order valence-electron chi connectivity index (χ2n) is 2.72. The third kappa shape index (κ3) is 3.68. The summed E-state index contributed by atoms with van der Waals surface area (Å²) in [4.78, 5) is 15.0. The lowest BCUT2D eigenvalue weighted by Gasteiger charge is -2.05. The molecule has 1 heterocycles. The van der Waals surface area contributed by atoms with Gasteiger partial charge in [0.1, 0.15) is 0 Å². The van der Waals surface area contributed by atoms with Crippen molar-refractivity contribution in [3.8, 4) is 0 Å². The third-order valence-electron chi connectivity index (χ3n) is 1.70. The van der Waals surface area contributed by atoms with E-state index in [9.17, 15) is 4.79 Å². The molecule has 0 aliphatic carbocycles. The smallest absolute Gasteiger partial charge is 0.253 e. The van der Waals surface area contributed by atoms with E-state index in [0.717, 1.165) is 0 Å². The Hall–Kier alpha value is -1.20. The van der Waals surface area contributed by atoms with Crippen molar-refractivity contribution in [2.45, 2.75) is 6.54 Å². The Balaban J connectivity index is 2.25. The highest BCUT2D eigenvalue weighted by atomic mass is 16.5. The molecule has 0 saturated carbocycles. The standard InChI is InChI=1S/C9H14N2O3/c1-13-6-7-14-5-4-11-8-10-3-2-9(11)12/h2-3,8H,4-7H2,1H3. The van der Waals surface area contributed by atoms with Gasteiger partial charge in [-0.2, -0.15) is 0 Å². The zero-order valence-electron chi connectivity index (χ0n) is 8.18. The predicted molar refractivity (Wildman–Crippen MR) is 51.2 cm³/mol. The zero-order chi connectivity index (χ0) is 10.2. The maximum Gasteiger partial charge on any atom is 0.253 e. The van der Waals surface area contributed by atoms with E-state index in [1.165, 1.54) is 23.2 Å². The topological polar surface area (TPSA) is 53.4 Å². The van der Waals surface area contributed by atoms with Gasteiger partial charge in [-0.05, 0) is 0 Å². The van der Waals surface area contributed by atoms with Crippen LogP contribution in [0.3, 0.4) is 0 Å². The van der Waals surface area contributed by atoms with Crippen LogP contribution in [0.15, 0.2) is 23.4 Å². The summed E-state index contributed by atoms with van der Waals surface area (Å²) in [7, 11) is 1.62. The molecule has 0 N–H and O–H groups in total. The number of hydrogen-bond acceptors (Lipinski definition) is 4. The van der Waals surface area contributed by atoms with E-state index in [0.29, 0.717) is 26.4 Å². The number of methoxy groups -OCH3 is 1. The highest BCUT2D eigenvalue weighted by Crippen LogP contribution is 1.81. The molecule has 0 radical (unpaired) electrons. The van der Waals surface area contributed by atoms with Crippen LogP contribution < -0.4 is 5.56 Å². The van der Waals surface area contributed by atoms with Crippen LogP contribution >= 0.6 is 0 Å². The van der Waals surface area contributed by atoms with E-state index in [1.54, 1.807) is 7.11 Å². The van der Waals surface area contributed by atoms with Gasteiger partial charge in [0, 0.05) is 19.4 Å². The predicted octanol–water partition coefficient (Wildman–Crippen LogP) is -0.0937. The summed E-state index contributed by atoms with van der Waals surface area (Å²) in [5, 5.41) is 0. The molecule has 0 saturated heterocycles. The molecule has 78 valence electrons. The summed E-state index contributed by atoms with van der Waals surface area (Å²) in [6.45, 7) is 2.14. The lowest BCUT2D eigenvalue weighted by atomic mass is 10.6. The summed E-state index contributed by atoms with van der Waals surface area (Å²) < 4.78 is 11.5. The van der Waals surface area contributed by atoms with Crippen molar-refractivity contribution in [2.75, 3.05) is 26.9 Å². The molecule has 0 spiro atoms. The largest absolute Gasteiger partial charge is 0.382 e. The summed E-state index contributed by atoms with van der Waals surface area (Å²) in [6.07, 6.45) is 2.98. The Labute approximate surface area is 82.3 Å². The quantitative estimate of drug-likeness (QED) is 0.599. The van der Waals surface area contributed by atoms with Crippen LogP contribution in [0.5, 0.6) is 0 Å². The first kappa shape index (κ1) is 10.9. The fourth-order valence-corrected chi connectivity index (χ4v) is 0.954. The number of aromatic nitrogens is 2. The summed E-state index contributed by atoms with van der Waals surface area (Å²) in [6, 6.07) is 1.43. The molecule has 0 bridgehead atoms. The molecular formula is C9H14N2O3. The third-order valence-corrected chi connectivity index (χ3v) is 1.70. The molecule has 0 fully saturated rings. The number of rotatable bonds is 6. The molecule has 0 aliphatic heterocycles. The van der Waals surface area contributed by atoms with Crippen molar-refractivity contribution >= 4 is 0 Å². The van der Waals surface area contributed by atoms with E-state index < -0.39 is 0 Å². The van der Waals surface area contributed by atoms with Gasteiger partial charge >= 0.3 is 0 Å². The van der Waals surface area contributed by atoms with E-state index in [2.05, 4.69) is 4.98 Å². The van der Waals surface area contributed by atoms with Crippen molar-refractivity contribution in [2.24, 2.45) is 0 Å². The van der Waals surface area contributed by atoms with E-state index in [-0.39, 0.29) is 5.56 Å². The Kier molecular flexibility index (Phi) is 4.88. The van der Waals surface area contributed by atoms with Crippen LogP contribution in [0.25, 0.3) is 0 Å². The van der Waals surface area contributed by atoms with Crippen LogP contribution in [0.1, 0.15) is 0 Å². The van der Waals surface area contributed by atoms with Crippen molar-refractivity contribution in [1.82, 2.24) is 9.55 Å². The van der Waals surface area contributed by atoms with Gasteiger partial charge in [-0.25, -0.2) is 4.98 Å². The first-order valence-corrected chi connectivity index (χ1v) is 4.41. The van der Waals surface area contributed by atoms with Gasteiger partial charge in [0.25, 0.3) is 5.56 Å². The van der Waals surface area contributed by atoms with E-state index >= 15 is 0 Å². The molecule has 1 aromatic heterocycles. The number of ether oxygens (including phenoxy) is 2. The monoisotopic (exact) mass is 198 g/mol. The van der Waals surface area contributed by atoms with Crippen LogP contribution in [0.2, 0.25) is 0 Å². The second-order valence-corrected chi connectivity index (χ2v) is 2.72. The minimum atomic E-state index is -0.0599. The minimum absolute atomic E-state index is 0.0599. The number of hydrogen-bond donors (Lipinski definition) is 0. The molecule has 5 nitrogen and oxygen atoms in total. The van der Waals surface area contributed by atoms with Gasteiger partial charge < -0.3 is 9.47 Å². The molecule has 1 rings (SSSR count). The summed E-state index contributed by atoms with van der Waals surface area (Å²) in [5.74, 6) is 0. The van der Waals surface area contributed by atoms with Crippen molar-refractivity contribution in [1.29, 1.82) is 0 Å². The fraction of sp³-hybridized carbons (Fsp3) is 0.556. The summed E-state index contributed by atoms with van der Waals surface area (Å²) in [5.41, 5.74) is -0.0599. The molecule has 0 aromatic carbocycles. The SMILES string of the molecule is COCCOCCn1cnccc1=O. The average Bonchev–Trinajstić information content (AvgIpc) is 2.20. The van der Waals surface area contributed by atoms with Gasteiger partial charge in [0.2, 0.25) is 0 Å². The lowest BCUT2D eigenvalue weighted by molar-refractivity contribution is 0.0661. The Bertz CT molecular complexity index is 311. The van der Waals surface area contributed by atoms with Crippen LogP contribution in [0.4, 0.5) is 0 Å². The molecule has 0 amide bonds. The lowest BCUT2D eigenvalue weighted by Crippen LogP contribution is -2.21. The van der Waals surface area contributed by atoms with Crippen molar-refractivity contribution < 1.29 is 9.47 Å². The normalized spacial score (nSPS) is 10.4. The first-order chi connectivity index (χ1) is 6.84. The van der Waals surface area contributed by atoms with E-state index in [1.807, 2.05) is 0 Å². The van der Waals surface area contributed by atoms with Gasteiger partial charge in [-0.15, -0.1) is 0 Å². The maximum atomic E-state index is 11.2. The van der Waals surface area contributed by atoms with Crippen LogP contribution in [-0.4, -0.2) is 36.5 Å². The van der Waals surface area contributed by atoms with Crippen LogP contribution in [0, 0.1) is 0 Å². The van der Waals surface area contributed by atoms with Crippen molar-refractivity contribution in [3.05, 3.63) is 28.9 Å². The molecule has 0 aliphatic rings. The number of nitrogens with zero attached hydrogens (tertiary/aromatic N) is 2. The fourth-order valence-electron chi connectivity index (χ4n) is 0.954. The maximum absolute atomic E-state index is 11.2. The molecule has 0 unspecified atom stereocenters. The molecule has 5 heteroatoms. The molecule has 1 aromatic rings. The van der Waals surface area contributed by atoms with Crippen LogP contribution in [-0.2, 0) is 16.0 Å². The minimum Gasteiger partial charge on any atom is -0.382 e.